The number of ether oxygens (including phenoxy) is 2. The molecule has 0 heterocycles. The number of hydrogen-bond acceptors (Lipinski definition) is 4. The van der Waals surface area contributed by atoms with Crippen LogP contribution in [0.25, 0.3) is 0 Å². The number of hydrogen-bond donors (Lipinski definition) is 2. The van der Waals surface area contributed by atoms with Crippen LogP contribution in [-0.4, -0.2) is 24.9 Å². The first-order valence-electron chi connectivity index (χ1n) is 8.15. The van der Waals surface area contributed by atoms with Crippen molar-refractivity contribution in [1.82, 2.24) is 5.32 Å². The molecule has 0 aliphatic heterocycles. The summed E-state index contributed by atoms with van der Waals surface area (Å²) in [5.74, 6) is 1.30. The first-order chi connectivity index (χ1) is 12.1. The van der Waals surface area contributed by atoms with E-state index in [1.54, 1.807) is 19.2 Å². The number of nitrogens with one attached hydrogen (secondary N) is 1. The van der Waals surface area contributed by atoms with Gasteiger partial charge in [-0.15, -0.1) is 0 Å². The molecule has 0 aliphatic carbocycles. The van der Waals surface area contributed by atoms with Crippen molar-refractivity contribution < 1.29 is 14.6 Å². The summed E-state index contributed by atoms with van der Waals surface area (Å²) in [7, 11) is 1.61. The number of aliphatic hydroxyl groups is 1. The van der Waals surface area contributed by atoms with Crippen molar-refractivity contribution in [2.24, 2.45) is 0 Å². The van der Waals surface area contributed by atoms with Crippen molar-refractivity contribution in [3.8, 4) is 11.5 Å². The monoisotopic (exact) mass is 383 g/mol. The molecule has 1 atom stereocenters. The Bertz CT molecular complexity index is 690. The SMILES string of the molecule is CCC(CO)NCc1ccc(OCc2ccc(Cl)cc2Cl)c(OC)c1. The average Bonchev–Trinajstić information content (AvgIpc) is 2.62. The molecule has 4 nitrogen and oxygen atoms in total. The molecule has 0 bridgehead atoms. The van der Waals surface area contributed by atoms with Crippen molar-refractivity contribution in [3.05, 3.63) is 57.6 Å². The summed E-state index contributed by atoms with van der Waals surface area (Å²) in [5, 5.41) is 13.7. The summed E-state index contributed by atoms with van der Waals surface area (Å²) in [6.45, 7) is 3.13. The molecule has 0 amide bonds. The lowest BCUT2D eigenvalue weighted by Crippen LogP contribution is -2.31. The van der Waals surface area contributed by atoms with Gasteiger partial charge in [-0.1, -0.05) is 42.3 Å². The van der Waals surface area contributed by atoms with Crippen molar-refractivity contribution in [1.29, 1.82) is 0 Å². The smallest absolute Gasteiger partial charge is 0.161 e. The normalized spacial score (nSPS) is 12.0. The van der Waals surface area contributed by atoms with Crippen LogP contribution in [0.5, 0.6) is 11.5 Å². The highest BCUT2D eigenvalue weighted by atomic mass is 35.5. The van der Waals surface area contributed by atoms with E-state index in [9.17, 15) is 5.11 Å². The average molecular weight is 384 g/mol. The van der Waals surface area contributed by atoms with Crippen LogP contribution < -0.4 is 14.8 Å². The third-order valence-corrected chi connectivity index (χ3v) is 4.52. The largest absolute Gasteiger partial charge is 0.493 e. The molecular formula is C19H23Cl2NO3. The van der Waals surface area contributed by atoms with E-state index >= 15 is 0 Å². The predicted molar refractivity (Wildman–Crippen MR) is 102 cm³/mol. The zero-order valence-corrected chi connectivity index (χ0v) is 15.9. The summed E-state index contributed by atoms with van der Waals surface area (Å²) in [6.07, 6.45) is 0.872. The third-order valence-electron chi connectivity index (χ3n) is 3.93. The topological polar surface area (TPSA) is 50.7 Å². The molecule has 0 saturated heterocycles. The second-order valence-corrected chi connectivity index (χ2v) is 6.52. The number of halogens is 2. The minimum atomic E-state index is 0.0916. The van der Waals surface area contributed by atoms with Crippen LogP contribution >= 0.6 is 23.2 Å². The van der Waals surface area contributed by atoms with Gasteiger partial charge in [-0.25, -0.2) is 0 Å². The third kappa shape index (κ3) is 5.79. The quantitative estimate of drug-likeness (QED) is 0.671. The van der Waals surface area contributed by atoms with Crippen LogP contribution in [0.4, 0.5) is 0 Å². The number of rotatable bonds is 9. The van der Waals surface area contributed by atoms with Gasteiger partial charge < -0.3 is 19.9 Å². The maximum absolute atomic E-state index is 9.24. The van der Waals surface area contributed by atoms with E-state index in [1.807, 2.05) is 31.2 Å². The summed E-state index contributed by atoms with van der Waals surface area (Å²) in [5.41, 5.74) is 1.91. The van der Waals surface area contributed by atoms with E-state index in [0.29, 0.717) is 34.7 Å². The van der Waals surface area contributed by atoms with Crippen LogP contribution in [0.1, 0.15) is 24.5 Å². The summed E-state index contributed by atoms with van der Waals surface area (Å²) < 4.78 is 11.3. The molecule has 1 unspecified atom stereocenters. The van der Waals surface area contributed by atoms with Crippen LogP contribution in [0.3, 0.4) is 0 Å². The van der Waals surface area contributed by atoms with Gasteiger partial charge >= 0.3 is 0 Å². The fourth-order valence-electron chi connectivity index (χ4n) is 2.34. The number of methoxy groups -OCH3 is 1. The zero-order chi connectivity index (χ0) is 18.2. The van der Waals surface area contributed by atoms with Gasteiger partial charge in [0.15, 0.2) is 11.5 Å². The fourth-order valence-corrected chi connectivity index (χ4v) is 2.80. The predicted octanol–water partition coefficient (Wildman–Crippen LogP) is 4.44. The molecule has 0 fully saturated rings. The fraction of sp³-hybridized carbons (Fsp3) is 0.368. The molecule has 2 N–H and O–H groups in total. The lowest BCUT2D eigenvalue weighted by Gasteiger charge is -2.16. The molecule has 2 rings (SSSR count). The second kappa shape index (κ2) is 9.88. The zero-order valence-electron chi connectivity index (χ0n) is 14.4. The highest BCUT2D eigenvalue weighted by molar-refractivity contribution is 6.35. The Morgan fingerprint density at radius 1 is 1.12 bits per heavy atom. The first kappa shape index (κ1) is 19.9. The molecule has 136 valence electrons. The van der Waals surface area contributed by atoms with Crippen molar-refractivity contribution in [2.75, 3.05) is 13.7 Å². The van der Waals surface area contributed by atoms with E-state index < -0.39 is 0 Å². The minimum Gasteiger partial charge on any atom is -0.493 e. The van der Waals surface area contributed by atoms with E-state index in [-0.39, 0.29) is 12.6 Å². The molecule has 0 saturated carbocycles. The van der Waals surface area contributed by atoms with E-state index in [4.69, 9.17) is 32.7 Å². The molecular weight excluding hydrogens is 361 g/mol. The molecule has 2 aromatic carbocycles. The highest BCUT2D eigenvalue weighted by Gasteiger charge is 2.09. The Morgan fingerprint density at radius 3 is 2.56 bits per heavy atom. The maximum Gasteiger partial charge on any atom is 0.161 e. The molecule has 0 aliphatic rings. The van der Waals surface area contributed by atoms with Crippen LogP contribution in [0, 0.1) is 0 Å². The molecule has 0 aromatic heterocycles. The van der Waals surface area contributed by atoms with Gasteiger partial charge in [0.1, 0.15) is 6.61 Å². The Morgan fingerprint density at radius 2 is 1.92 bits per heavy atom. The van der Waals surface area contributed by atoms with Crippen LogP contribution in [-0.2, 0) is 13.2 Å². The minimum absolute atomic E-state index is 0.0916. The van der Waals surface area contributed by atoms with Crippen molar-refractivity contribution >= 4 is 23.2 Å². The standard InChI is InChI=1S/C19H23Cl2NO3/c1-3-16(11-23)22-10-13-4-7-18(19(8-13)24-2)25-12-14-5-6-15(20)9-17(14)21/h4-9,16,22-23H,3,10-12H2,1-2H3. The van der Waals surface area contributed by atoms with Gasteiger partial charge in [0, 0.05) is 28.2 Å². The van der Waals surface area contributed by atoms with E-state index in [0.717, 1.165) is 17.5 Å². The van der Waals surface area contributed by atoms with Gasteiger partial charge in [0.25, 0.3) is 0 Å². The van der Waals surface area contributed by atoms with Gasteiger partial charge in [0.05, 0.1) is 13.7 Å². The Kier molecular flexibility index (Phi) is 7.85. The first-order valence-corrected chi connectivity index (χ1v) is 8.90. The lowest BCUT2D eigenvalue weighted by atomic mass is 10.1. The Balaban J connectivity index is 2.03. The lowest BCUT2D eigenvalue weighted by molar-refractivity contribution is 0.238. The van der Waals surface area contributed by atoms with E-state index in [1.165, 1.54) is 0 Å². The second-order valence-electron chi connectivity index (χ2n) is 5.68. The molecule has 0 radical (unpaired) electrons. The number of aliphatic hydroxyl groups excluding tert-OH is 1. The van der Waals surface area contributed by atoms with Crippen LogP contribution in [0.15, 0.2) is 36.4 Å². The highest BCUT2D eigenvalue weighted by Crippen LogP contribution is 2.30. The van der Waals surface area contributed by atoms with Crippen molar-refractivity contribution in [2.45, 2.75) is 32.5 Å². The molecule has 25 heavy (non-hydrogen) atoms. The van der Waals surface area contributed by atoms with Gasteiger partial charge in [-0.05, 0) is 36.2 Å². The Labute approximate surface area is 158 Å². The molecule has 6 heteroatoms. The van der Waals surface area contributed by atoms with Crippen LogP contribution in [0.2, 0.25) is 10.0 Å². The summed E-state index contributed by atoms with van der Waals surface area (Å²) in [4.78, 5) is 0. The van der Waals surface area contributed by atoms with Gasteiger partial charge in [-0.3, -0.25) is 0 Å². The number of benzene rings is 2. The van der Waals surface area contributed by atoms with Gasteiger partial charge in [-0.2, -0.15) is 0 Å². The Hall–Kier alpha value is -1.46. The maximum atomic E-state index is 9.24. The van der Waals surface area contributed by atoms with Crippen molar-refractivity contribution in [3.63, 3.8) is 0 Å². The summed E-state index contributed by atoms with van der Waals surface area (Å²) >= 11 is 12.1. The van der Waals surface area contributed by atoms with E-state index in [2.05, 4.69) is 5.32 Å². The molecule has 2 aromatic rings. The van der Waals surface area contributed by atoms with Gasteiger partial charge in [0.2, 0.25) is 0 Å². The summed E-state index contributed by atoms with van der Waals surface area (Å²) in [6, 6.07) is 11.2. The molecule has 0 spiro atoms.